The minimum absolute atomic E-state index is 0.0352. The number of carbonyl (C=O) groups is 1. The van der Waals surface area contributed by atoms with E-state index in [0.717, 1.165) is 17.2 Å². The minimum Gasteiger partial charge on any atom is -0.383 e. The molecule has 5 rings (SSSR count). The van der Waals surface area contributed by atoms with Gasteiger partial charge in [0.25, 0.3) is 5.91 Å². The molecular formula is C31H27F3N6O. The van der Waals surface area contributed by atoms with Crippen LogP contribution in [0.25, 0.3) is 16.7 Å². The number of nitrogens with one attached hydrogen (secondary N) is 1. The number of aromatic nitrogens is 4. The largest absolute Gasteiger partial charge is 0.416 e. The zero-order valence-electron chi connectivity index (χ0n) is 22.9. The van der Waals surface area contributed by atoms with Crippen molar-refractivity contribution in [3.05, 3.63) is 100 Å². The molecule has 0 aliphatic heterocycles. The van der Waals surface area contributed by atoms with Gasteiger partial charge in [0.05, 0.1) is 16.5 Å². The second-order valence-electron chi connectivity index (χ2n) is 9.78. The van der Waals surface area contributed by atoms with E-state index >= 15 is 0 Å². The summed E-state index contributed by atoms with van der Waals surface area (Å²) in [5.74, 6) is 5.93. The van der Waals surface area contributed by atoms with Crippen LogP contribution in [0.15, 0.2) is 61.3 Å². The van der Waals surface area contributed by atoms with Gasteiger partial charge in [-0.25, -0.2) is 9.97 Å². The number of halogens is 3. The van der Waals surface area contributed by atoms with Crippen molar-refractivity contribution in [2.75, 3.05) is 11.1 Å². The van der Waals surface area contributed by atoms with Crippen LogP contribution in [0.2, 0.25) is 0 Å². The Hall–Kier alpha value is -5.04. The number of fused-ring (bicyclic) bond motifs is 1. The highest BCUT2D eigenvalue weighted by atomic mass is 19.4. The lowest BCUT2D eigenvalue weighted by molar-refractivity contribution is -0.138. The summed E-state index contributed by atoms with van der Waals surface area (Å²) in [6, 6.07) is 9.29. The third-order valence-electron chi connectivity index (χ3n) is 6.92. The van der Waals surface area contributed by atoms with Gasteiger partial charge < -0.3 is 20.2 Å². The van der Waals surface area contributed by atoms with Crippen LogP contribution in [0, 0.1) is 32.6 Å². The van der Waals surface area contributed by atoms with Gasteiger partial charge in [-0.1, -0.05) is 17.9 Å². The first-order valence-corrected chi connectivity index (χ1v) is 12.9. The molecule has 5 aromatic rings. The fourth-order valence-corrected chi connectivity index (χ4v) is 4.70. The number of nitrogens with two attached hydrogens (primary N) is 1. The van der Waals surface area contributed by atoms with Gasteiger partial charge >= 0.3 is 6.18 Å². The van der Waals surface area contributed by atoms with Crippen LogP contribution in [0.4, 0.5) is 24.7 Å². The number of hydrogen-bond acceptors (Lipinski definition) is 4. The van der Waals surface area contributed by atoms with Crippen LogP contribution >= 0.6 is 0 Å². The summed E-state index contributed by atoms with van der Waals surface area (Å²) in [5.41, 5.74) is 9.58. The molecular weight excluding hydrogens is 529 g/mol. The van der Waals surface area contributed by atoms with Gasteiger partial charge in [0.2, 0.25) is 0 Å². The highest BCUT2D eigenvalue weighted by molar-refractivity contribution is 6.05. The molecule has 0 saturated heterocycles. The molecule has 0 saturated carbocycles. The maximum Gasteiger partial charge on any atom is 0.416 e. The van der Waals surface area contributed by atoms with E-state index in [2.05, 4.69) is 27.1 Å². The monoisotopic (exact) mass is 556 g/mol. The van der Waals surface area contributed by atoms with E-state index in [1.165, 1.54) is 19.3 Å². The Morgan fingerprint density at radius 3 is 2.46 bits per heavy atom. The summed E-state index contributed by atoms with van der Waals surface area (Å²) in [7, 11) is 0. The molecule has 7 nitrogen and oxygen atoms in total. The van der Waals surface area contributed by atoms with Crippen molar-refractivity contribution >= 4 is 28.4 Å². The van der Waals surface area contributed by atoms with Crippen LogP contribution in [-0.2, 0) is 12.7 Å². The molecule has 0 unspecified atom stereocenters. The number of hydrogen-bond donors (Lipinski definition) is 2. The number of nitrogens with zero attached hydrogens (tertiary/aromatic N) is 4. The third kappa shape index (κ3) is 5.39. The molecule has 208 valence electrons. The predicted octanol–water partition coefficient (Wildman–Crippen LogP) is 6.42. The summed E-state index contributed by atoms with van der Waals surface area (Å²) >= 11 is 0. The lowest BCUT2D eigenvalue weighted by Gasteiger charge is -2.17. The third-order valence-corrected chi connectivity index (χ3v) is 6.92. The highest BCUT2D eigenvalue weighted by Gasteiger charge is 2.34. The zero-order chi connectivity index (χ0) is 29.5. The Bertz CT molecular complexity index is 1870. The normalized spacial score (nSPS) is 11.4. The van der Waals surface area contributed by atoms with Crippen LogP contribution < -0.4 is 11.1 Å². The number of benzene rings is 2. The first-order chi connectivity index (χ1) is 19.5. The van der Waals surface area contributed by atoms with E-state index in [1.807, 2.05) is 31.5 Å². The zero-order valence-corrected chi connectivity index (χ0v) is 22.9. The van der Waals surface area contributed by atoms with Crippen LogP contribution in [0.3, 0.4) is 0 Å². The Kier molecular flexibility index (Phi) is 7.05. The average molecular weight is 557 g/mol. The van der Waals surface area contributed by atoms with E-state index < -0.39 is 17.6 Å². The Morgan fingerprint density at radius 1 is 1.02 bits per heavy atom. The van der Waals surface area contributed by atoms with Crippen LogP contribution in [-0.4, -0.2) is 25.0 Å². The van der Waals surface area contributed by atoms with Crippen molar-refractivity contribution in [1.82, 2.24) is 19.1 Å². The molecule has 3 heterocycles. The lowest BCUT2D eigenvalue weighted by Crippen LogP contribution is -2.17. The topological polar surface area (TPSA) is 90.8 Å². The van der Waals surface area contributed by atoms with Gasteiger partial charge in [-0.05, 0) is 74.7 Å². The molecule has 0 bridgehead atoms. The summed E-state index contributed by atoms with van der Waals surface area (Å²) < 4.78 is 45.3. The van der Waals surface area contributed by atoms with E-state index in [-0.39, 0.29) is 16.8 Å². The van der Waals surface area contributed by atoms with E-state index in [0.29, 0.717) is 40.2 Å². The van der Waals surface area contributed by atoms with Gasteiger partial charge in [-0.2, -0.15) is 13.2 Å². The average Bonchev–Trinajstić information content (AvgIpc) is 3.52. The predicted molar refractivity (Wildman–Crippen MR) is 153 cm³/mol. The van der Waals surface area contributed by atoms with Crippen molar-refractivity contribution in [3.8, 4) is 17.5 Å². The smallest absolute Gasteiger partial charge is 0.383 e. The Balaban J connectivity index is 1.49. The quantitative estimate of drug-likeness (QED) is 0.250. The molecule has 0 aliphatic carbocycles. The Morgan fingerprint density at radius 2 is 1.78 bits per heavy atom. The Labute approximate surface area is 234 Å². The molecule has 0 fully saturated rings. The van der Waals surface area contributed by atoms with Crippen LogP contribution in [0.5, 0.6) is 0 Å². The van der Waals surface area contributed by atoms with Crippen molar-refractivity contribution in [2.45, 2.75) is 40.4 Å². The van der Waals surface area contributed by atoms with Crippen molar-refractivity contribution in [3.63, 3.8) is 0 Å². The first-order valence-electron chi connectivity index (χ1n) is 12.9. The maximum absolute atomic E-state index is 13.9. The van der Waals surface area contributed by atoms with Gasteiger partial charge in [0, 0.05) is 47.6 Å². The highest BCUT2D eigenvalue weighted by Crippen LogP contribution is 2.35. The summed E-state index contributed by atoms with van der Waals surface area (Å²) in [5, 5.41) is 3.39. The molecule has 3 N–H and O–H groups in total. The molecule has 0 aliphatic rings. The number of nitrogen functional groups attached to an aromatic ring is 1. The fourth-order valence-electron chi connectivity index (χ4n) is 4.70. The fraction of sp³-hybridized carbons (Fsp3) is 0.194. The van der Waals surface area contributed by atoms with E-state index in [9.17, 15) is 18.0 Å². The summed E-state index contributed by atoms with van der Waals surface area (Å²) in [6.07, 6.45) is 2.03. The number of aryl methyl sites for hydroxylation is 3. The molecule has 3 aromatic heterocycles. The van der Waals surface area contributed by atoms with E-state index in [4.69, 9.17) is 5.73 Å². The van der Waals surface area contributed by atoms with Crippen molar-refractivity contribution in [2.24, 2.45) is 0 Å². The van der Waals surface area contributed by atoms with Gasteiger partial charge in [0.1, 0.15) is 17.8 Å². The van der Waals surface area contributed by atoms with Gasteiger partial charge in [-0.3, -0.25) is 4.79 Å². The van der Waals surface area contributed by atoms with E-state index in [1.54, 1.807) is 41.2 Å². The second kappa shape index (κ2) is 10.5. The molecule has 41 heavy (non-hydrogen) atoms. The number of amides is 1. The van der Waals surface area contributed by atoms with Crippen molar-refractivity contribution in [1.29, 1.82) is 0 Å². The lowest BCUT2D eigenvalue weighted by atomic mass is 10.0. The number of anilines is 2. The molecule has 10 heteroatoms. The van der Waals surface area contributed by atoms with Crippen LogP contribution in [0.1, 0.15) is 50.7 Å². The van der Waals surface area contributed by atoms with Crippen molar-refractivity contribution < 1.29 is 18.0 Å². The summed E-state index contributed by atoms with van der Waals surface area (Å²) in [6.45, 7) is 7.78. The molecule has 2 aromatic carbocycles. The molecule has 1 amide bonds. The minimum atomic E-state index is -4.63. The second-order valence-corrected chi connectivity index (χ2v) is 9.78. The summed E-state index contributed by atoms with van der Waals surface area (Å²) in [4.78, 5) is 21.6. The maximum atomic E-state index is 13.9. The number of rotatable bonds is 4. The standard InChI is InChI=1S/C31H27F3N6O/c1-5-39-16-22(27-28(35)36-17-37-29(27)39)8-7-21-12-24(9-6-19(21)3)38-30(41)23-13-25(31(32,33)34)20(4)26(14-23)40-11-10-18(2)15-40/h6,9-17H,5H2,1-4H3,(H,38,41)(H2,35,36,37). The number of carbonyl (C=O) groups excluding carboxylic acids is 1. The SMILES string of the molecule is CCn1cc(C#Cc2cc(NC(=O)c3cc(-n4ccc(C)c4)c(C)c(C(F)(F)F)c3)ccc2C)c2c(N)ncnc21. The molecule has 0 radical (unpaired) electrons. The van der Waals surface area contributed by atoms with Gasteiger partial charge in [0.15, 0.2) is 0 Å². The molecule has 0 atom stereocenters. The number of alkyl halides is 3. The first kappa shape index (κ1) is 27.5. The van der Waals surface area contributed by atoms with Gasteiger partial charge in [-0.15, -0.1) is 0 Å². The molecule has 0 spiro atoms.